The van der Waals surface area contributed by atoms with Gasteiger partial charge in [-0.2, -0.15) is 0 Å². The molecule has 0 spiro atoms. The highest BCUT2D eigenvalue weighted by Crippen LogP contribution is 2.35. The second-order valence-corrected chi connectivity index (χ2v) is 9.93. The number of nitrogens with one attached hydrogen (secondary N) is 1. The van der Waals surface area contributed by atoms with Crippen LogP contribution in [0.3, 0.4) is 0 Å². The lowest BCUT2D eigenvalue weighted by Gasteiger charge is -2.26. The monoisotopic (exact) mass is 549 g/mol. The van der Waals surface area contributed by atoms with Crippen molar-refractivity contribution in [3.8, 4) is 16.9 Å². The summed E-state index contributed by atoms with van der Waals surface area (Å²) in [4.78, 5) is 26.3. The number of aliphatic carboxylic acids is 1. The lowest BCUT2D eigenvalue weighted by molar-refractivity contribution is -0.137. The Morgan fingerprint density at radius 3 is 2.62 bits per heavy atom. The molecule has 2 heterocycles. The van der Waals surface area contributed by atoms with E-state index in [1.807, 2.05) is 0 Å². The predicted octanol–water partition coefficient (Wildman–Crippen LogP) is 3.52. The fourth-order valence-electron chi connectivity index (χ4n) is 3.78. The van der Waals surface area contributed by atoms with E-state index in [0.29, 0.717) is 53.7 Å². The average molecular weight is 550 g/mol. The number of benzene rings is 2. The molecule has 2 N–H and O–H groups in total. The summed E-state index contributed by atoms with van der Waals surface area (Å²) >= 11 is 6.36. The molecule has 2 aromatic rings. The van der Waals surface area contributed by atoms with Crippen LogP contribution < -0.4 is 10.2 Å². The number of thioether (sulfide) groups is 1. The van der Waals surface area contributed by atoms with Gasteiger partial charge in [0.05, 0.1) is 24.5 Å². The number of carbonyl (C=O) groups is 2. The number of carbonyl (C=O) groups excluding carboxylic acids is 1. The fraction of sp³-hybridized carbons (Fsp3) is 0.320. The molecule has 2 aliphatic rings. The van der Waals surface area contributed by atoms with Crippen molar-refractivity contribution in [3.63, 3.8) is 0 Å². The van der Waals surface area contributed by atoms with Gasteiger partial charge in [-0.3, -0.25) is 14.5 Å². The van der Waals surface area contributed by atoms with E-state index >= 15 is 0 Å². The molecule has 0 bridgehead atoms. The molecule has 0 aliphatic carbocycles. The largest absolute Gasteiger partial charge is 0.492 e. The Balaban J connectivity index is 1.58. The Morgan fingerprint density at radius 2 is 1.89 bits per heavy atom. The van der Waals surface area contributed by atoms with Gasteiger partial charge in [0.1, 0.15) is 12.4 Å². The van der Waals surface area contributed by atoms with Crippen LogP contribution in [0.2, 0.25) is 0 Å². The highest BCUT2D eigenvalue weighted by atomic mass is 32.2. The Kier molecular flexibility index (Phi) is 9.22. The third-order valence-corrected chi connectivity index (χ3v) is 7.02. The smallest absolute Gasteiger partial charge is 0.304 e. The van der Waals surface area contributed by atoms with E-state index in [1.54, 1.807) is 24.3 Å². The molecule has 37 heavy (non-hydrogen) atoms. The van der Waals surface area contributed by atoms with Crippen LogP contribution in [0, 0.1) is 11.6 Å². The number of hydrogen-bond acceptors (Lipinski definition) is 8. The first-order valence-corrected chi connectivity index (χ1v) is 12.8. The summed E-state index contributed by atoms with van der Waals surface area (Å²) in [6.07, 6.45) is 1.46. The molecule has 0 aromatic heterocycles. The van der Waals surface area contributed by atoms with Gasteiger partial charge in [-0.15, -0.1) is 0 Å². The summed E-state index contributed by atoms with van der Waals surface area (Å²) in [5.41, 5.74) is 4.38. The summed E-state index contributed by atoms with van der Waals surface area (Å²) < 4.78 is 39.0. The molecule has 196 valence electrons. The predicted molar refractivity (Wildman–Crippen MR) is 140 cm³/mol. The maximum atomic E-state index is 13.9. The lowest BCUT2D eigenvalue weighted by atomic mass is 10.0. The normalized spacial score (nSPS) is 17.6. The third-order valence-electron chi connectivity index (χ3n) is 5.72. The number of nitrogens with zero attached hydrogens (tertiary/aromatic N) is 2. The van der Waals surface area contributed by atoms with Gasteiger partial charge in [0.15, 0.2) is 16.0 Å². The van der Waals surface area contributed by atoms with Crippen molar-refractivity contribution in [3.05, 3.63) is 58.5 Å². The van der Waals surface area contributed by atoms with Crippen LogP contribution in [0.5, 0.6) is 5.75 Å². The van der Waals surface area contributed by atoms with Gasteiger partial charge in [-0.25, -0.2) is 19.2 Å². The van der Waals surface area contributed by atoms with Crippen LogP contribution in [-0.2, 0) is 14.3 Å². The van der Waals surface area contributed by atoms with Crippen molar-refractivity contribution in [2.75, 3.05) is 46.0 Å². The van der Waals surface area contributed by atoms with E-state index in [9.17, 15) is 18.4 Å². The Hall–Kier alpha value is -2.90. The van der Waals surface area contributed by atoms with Crippen LogP contribution >= 0.6 is 24.0 Å². The average Bonchev–Trinajstić information content (AvgIpc) is 3.14. The van der Waals surface area contributed by atoms with E-state index in [-0.39, 0.29) is 17.3 Å². The number of carboxylic acids is 1. The molecule has 8 nitrogen and oxygen atoms in total. The molecular formula is C25H25F2N3O5S2. The van der Waals surface area contributed by atoms with Gasteiger partial charge >= 0.3 is 5.97 Å². The first-order valence-electron chi connectivity index (χ1n) is 11.6. The minimum absolute atomic E-state index is 0.0383. The molecule has 0 unspecified atom stereocenters. The van der Waals surface area contributed by atoms with Gasteiger partial charge in [0.2, 0.25) is 0 Å². The topological polar surface area (TPSA) is 91.3 Å². The summed E-state index contributed by atoms with van der Waals surface area (Å²) in [6, 6.07) is 8.86. The van der Waals surface area contributed by atoms with Crippen molar-refractivity contribution in [1.29, 1.82) is 0 Å². The Bertz CT molecular complexity index is 1220. The zero-order valence-electron chi connectivity index (χ0n) is 19.7. The molecule has 2 saturated heterocycles. The molecule has 0 atom stereocenters. The van der Waals surface area contributed by atoms with Crippen molar-refractivity contribution < 1.29 is 33.0 Å². The molecule has 0 radical (unpaired) electrons. The summed E-state index contributed by atoms with van der Waals surface area (Å²) in [5, 5.41) is 9.99. The van der Waals surface area contributed by atoms with Crippen LogP contribution in [0.4, 0.5) is 8.78 Å². The number of halogens is 2. The van der Waals surface area contributed by atoms with Crippen LogP contribution in [0.1, 0.15) is 12.0 Å². The van der Waals surface area contributed by atoms with Crippen LogP contribution in [-0.4, -0.2) is 77.2 Å². The first kappa shape index (κ1) is 27.1. The number of morpholine rings is 1. The van der Waals surface area contributed by atoms with Crippen molar-refractivity contribution in [2.24, 2.45) is 0 Å². The van der Waals surface area contributed by atoms with E-state index < -0.39 is 23.5 Å². The molecule has 1 amide bonds. The Morgan fingerprint density at radius 1 is 1.16 bits per heavy atom. The standard InChI is InChI=1S/C25H25F2N3O5S2/c26-19-3-1-17(14-20(19)27)16-2-4-21(35-12-9-29-7-10-34-11-8-29)18(13-16)15-22-24(33)30(25(36)37-22)28-6-5-23(31)32/h1-4,13-15,28H,5-12H2,(H,31,32)/b22-15-. The van der Waals surface area contributed by atoms with E-state index in [0.717, 1.165) is 42.0 Å². The van der Waals surface area contributed by atoms with Gasteiger partial charge < -0.3 is 14.6 Å². The summed E-state index contributed by atoms with van der Waals surface area (Å²) in [5.74, 6) is -2.80. The zero-order chi connectivity index (χ0) is 26.4. The van der Waals surface area contributed by atoms with Crippen LogP contribution in [0.15, 0.2) is 41.3 Å². The molecular weight excluding hydrogens is 524 g/mol. The molecule has 12 heteroatoms. The minimum Gasteiger partial charge on any atom is -0.492 e. The highest BCUT2D eigenvalue weighted by Gasteiger charge is 2.32. The van der Waals surface area contributed by atoms with E-state index in [4.69, 9.17) is 26.8 Å². The summed E-state index contributed by atoms with van der Waals surface area (Å²) in [7, 11) is 0. The quantitative estimate of drug-likeness (QED) is 0.341. The second-order valence-electron chi connectivity index (χ2n) is 8.25. The lowest BCUT2D eigenvalue weighted by Crippen LogP contribution is -2.42. The Labute approximate surface area is 222 Å². The maximum absolute atomic E-state index is 13.9. The van der Waals surface area contributed by atoms with Gasteiger partial charge in [0.25, 0.3) is 5.91 Å². The van der Waals surface area contributed by atoms with E-state index in [1.165, 1.54) is 6.07 Å². The summed E-state index contributed by atoms with van der Waals surface area (Å²) in [6.45, 7) is 4.14. The first-order chi connectivity index (χ1) is 17.8. The van der Waals surface area contributed by atoms with Crippen LogP contribution in [0.25, 0.3) is 17.2 Å². The number of hydrogen-bond donors (Lipinski definition) is 2. The van der Waals surface area contributed by atoms with Crippen molar-refractivity contribution in [1.82, 2.24) is 15.3 Å². The second kappa shape index (κ2) is 12.6. The maximum Gasteiger partial charge on any atom is 0.304 e. The number of amides is 1. The SMILES string of the molecule is O=C(O)CCNN1C(=O)/C(=C/c2cc(-c3ccc(F)c(F)c3)ccc2OCCN2CCOCC2)SC1=S. The molecule has 4 rings (SSSR count). The fourth-order valence-corrected chi connectivity index (χ4v) is 4.99. The van der Waals surface area contributed by atoms with Crippen molar-refractivity contribution in [2.45, 2.75) is 6.42 Å². The van der Waals surface area contributed by atoms with Gasteiger partial charge in [0, 0.05) is 31.7 Å². The molecule has 2 aliphatic heterocycles. The molecule has 0 saturated carbocycles. The number of ether oxygens (including phenoxy) is 2. The highest BCUT2D eigenvalue weighted by molar-refractivity contribution is 8.26. The third kappa shape index (κ3) is 7.11. The number of carboxylic acid groups (broad SMARTS) is 1. The van der Waals surface area contributed by atoms with E-state index in [2.05, 4.69) is 10.3 Å². The molecule has 2 fully saturated rings. The number of hydrazine groups is 1. The number of thiocarbonyl (C=S) groups is 1. The zero-order valence-corrected chi connectivity index (χ0v) is 21.4. The van der Waals surface area contributed by atoms with Gasteiger partial charge in [-0.05, 0) is 41.5 Å². The molecule has 2 aromatic carbocycles. The van der Waals surface area contributed by atoms with Gasteiger partial charge in [-0.1, -0.05) is 36.1 Å². The number of rotatable bonds is 10. The minimum atomic E-state index is -0.999. The van der Waals surface area contributed by atoms with Crippen molar-refractivity contribution >= 4 is 46.3 Å².